The maximum atomic E-state index is 12.1. The number of amides is 1. The molecule has 0 saturated carbocycles. The number of nitrogens with one attached hydrogen (secondary N) is 1. The number of carboxylic acid groups (broad SMARTS) is 1. The Labute approximate surface area is 139 Å². The molecule has 0 unspecified atom stereocenters. The zero-order chi connectivity index (χ0) is 18.1. The van der Waals surface area contributed by atoms with Gasteiger partial charge in [0.25, 0.3) is 5.69 Å². The van der Waals surface area contributed by atoms with Crippen molar-refractivity contribution in [2.75, 3.05) is 31.6 Å². The molecule has 0 spiro atoms. The van der Waals surface area contributed by atoms with E-state index in [4.69, 9.17) is 9.84 Å². The summed E-state index contributed by atoms with van der Waals surface area (Å²) in [5, 5.41) is 22.4. The molecule has 0 atom stereocenters. The first-order valence-corrected chi connectivity index (χ1v) is 7.52. The van der Waals surface area contributed by atoms with Gasteiger partial charge in [-0.15, -0.1) is 0 Å². The minimum atomic E-state index is -1.04. The predicted octanol–water partition coefficient (Wildman–Crippen LogP) is 1.73. The second kappa shape index (κ2) is 9.46. The van der Waals surface area contributed by atoms with Crippen LogP contribution in [-0.4, -0.2) is 53.0 Å². The Kier molecular flexibility index (Phi) is 7.63. The molecule has 2 N–H and O–H groups in total. The lowest BCUT2D eigenvalue weighted by Gasteiger charge is -2.18. The SMILES string of the molecule is CCCN(CC(=O)O)CC(=O)Nc1ccc(OCC)cc1[N+](=O)[O-]. The molecule has 0 bridgehead atoms. The summed E-state index contributed by atoms with van der Waals surface area (Å²) in [6.07, 6.45) is 0.684. The van der Waals surface area contributed by atoms with Crippen LogP contribution in [0.15, 0.2) is 18.2 Å². The number of ether oxygens (including phenoxy) is 1. The molecule has 1 rings (SSSR count). The molecular weight excluding hydrogens is 318 g/mol. The first-order valence-electron chi connectivity index (χ1n) is 7.52. The molecule has 0 aliphatic rings. The number of nitro groups is 1. The van der Waals surface area contributed by atoms with Crippen molar-refractivity contribution in [2.24, 2.45) is 0 Å². The van der Waals surface area contributed by atoms with E-state index in [0.29, 0.717) is 25.3 Å². The predicted molar refractivity (Wildman–Crippen MR) is 87.3 cm³/mol. The molecular formula is C15H21N3O6. The average Bonchev–Trinajstić information content (AvgIpc) is 2.48. The Hall–Kier alpha value is -2.68. The number of carbonyl (C=O) groups is 2. The van der Waals surface area contributed by atoms with Crippen LogP contribution in [0.3, 0.4) is 0 Å². The average molecular weight is 339 g/mol. The van der Waals surface area contributed by atoms with Crippen molar-refractivity contribution in [3.05, 3.63) is 28.3 Å². The lowest BCUT2D eigenvalue weighted by atomic mass is 10.2. The fourth-order valence-electron chi connectivity index (χ4n) is 2.14. The van der Waals surface area contributed by atoms with E-state index in [-0.39, 0.29) is 24.5 Å². The summed E-state index contributed by atoms with van der Waals surface area (Å²) >= 11 is 0. The molecule has 1 amide bonds. The van der Waals surface area contributed by atoms with E-state index in [1.54, 1.807) is 6.92 Å². The van der Waals surface area contributed by atoms with Crippen molar-refractivity contribution in [3.63, 3.8) is 0 Å². The summed E-state index contributed by atoms with van der Waals surface area (Å²) in [6.45, 7) is 3.99. The molecule has 24 heavy (non-hydrogen) atoms. The fourth-order valence-corrected chi connectivity index (χ4v) is 2.14. The van der Waals surface area contributed by atoms with Gasteiger partial charge < -0.3 is 15.2 Å². The normalized spacial score (nSPS) is 10.5. The Morgan fingerprint density at radius 2 is 2.04 bits per heavy atom. The molecule has 1 aromatic rings. The highest BCUT2D eigenvalue weighted by atomic mass is 16.6. The minimum Gasteiger partial charge on any atom is -0.494 e. The van der Waals surface area contributed by atoms with Crippen LogP contribution >= 0.6 is 0 Å². The number of hydrogen-bond donors (Lipinski definition) is 2. The van der Waals surface area contributed by atoms with E-state index in [2.05, 4.69) is 5.32 Å². The molecule has 0 aliphatic heterocycles. The van der Waals surface area contributed by atoms with Crippen LogP contribution in [0, 0.1) is 10.1 Å². The standard InChI is InChI=1S/C15H21N3O6/c1-3-7-17(10-15(20)21)9-14(19)16-12-6-5-11(24-4-2)8-13(12)18(22)23/h5-6,8H,3-4,7,9-10H2,1-2H3,(H,16,19)(H,20,21). The molecule has 0 aliphatic carbocycles. The number of carboxylic acids is 1. The fraction of sp³-hybridized carbons (Fsp3) is 0.467. The molecule has 0 fully saturated rings. The highest BCUT2D eigenvalue weighted by molar-refractivity contribution is 5.94. The summed E-state index contributed by atoms with van der Waals surface area (Å²) in [4.78, 5) is 34.8. The van der Waals surface area contributed by atoms with Crippen LogP contribution in [-0.2, 0) is 9.59 Å². The highest BCUT2D eigenvalue weighted by Crippen LogP contribution is 2.29. The Bertz CT molecular complexity index is 605. The third-order valence-corrected chi connectivity index (χ3v) is 3.02. The lowest BCUT2D eigenvalue weighted by molar-refractivity contribution is -0.384. The quantitative estimate of drug-likeness (QED) is 0.491. The van der Waals surface area contributed by atoms with E-state index in [1.807, 2.05) is 6.92 Å². The third kappa shape index (κ3) is 6.21. The Morgan fingerprint density at radius 3 is 2.58 bits per heavy atom. The van der Waals surface area contributed by atoms with Crippen LogP contribution in [0.1, 0.15) is 20.3 Å². The number of benzene rings is 1. The molecule has 1 aromatic carbocycles. The highest BCUT2D eigenvalue weighted by Gasteiger charge is 2.19. The van der Waals surface area contributed by atoms with Gasteiger partial charge in [0.05, 0.1) is 30.7 Å². The summed E-state index contributed by atoms with van der Waals surface area (Å²) in [5.74, 6) is -1.22. The summed E-state index contributed by atoms with van der Waals surface area (Å²) in [6, 6.07) is 4.15. The maximum Gasteiger partial charge on any atom is 0.317 e. The zero-order valence-corrected chi connectivity index (χ0v) is 13.7. The van der Waals surface area contributed by atoms with Crippen molar-refractivity contribution < 1.29 is 24.4 Å². The summed E-state index contributed by atoms with van der Waals surface area (Å²) < 4.78 is 5.21. The van der Waals surface area contributed by atoms with Gasteiger partial charge in [0.2, 0.25) is 5.91 Å². The Balaban J connectivity index is 2.84. The van der Waals surface area contributed by atoms with E-state index < -0.39 is 16.8 Å². The maximum absolute atomic E-state index is 12.1. The topological polar surface area (TPSA) is 122 Å². The monoisotopic (exact) mass is 339 g/mol. The number of nitro benzene ring substituents is 1. The van der Waals surface area contributed by atoms with Gasteiger partial charge in [-0.1, -0.05) is 6.92 Å². The first kappa shape index (κ1) is 19.4. The molecule has 0 radical (unpaired) electrons. The van der Waals surface area contributed by atoms with E-state index >= 15 is 0 Å². The molecule has 9 nitrogen and oxygen atoms in total. The molecule has 0 saturated heterocycles. The van der Waals surface area contributed by atoms with Crippen LogP contribution in [0.25, 0.3) is 0 Å². The molecule has 132 valence electrons. The third-order valence-electron chi connectivity index (χ3n) is 3.02. The van der Waals surface area contributed by atoms with Crippen molar-refractivity contribution in [1.82, 2.24) is 4.90 Å². The van der Waals surface area contributed by atoms with E-state index in [1.165, 1.54) is 23.1 Å². The molecule has 9 heteroatoms. The summed E-state index contributed by atoms with van der Waals surface area (Å²) in [7, 11) is 0. The molecule has 0 aromatic heterocycles. The zero-order valence-electron chi connectivity index (χ0n) is 13.7. The number of carbonyl (C=O) groups excluding carboxylic acids is 1. The number of rotatable bonds is 10. The van der Waals surface area contributed by atoms with Gasteiger partial charge in [-0.25, -0.2) is 0 Å². The van der Waals surface area contributed by atoms with Crippen molar-refractivity contribution in [1.29, 1.82) is 0 Å². The minimum absolute atomic E-state index is 0.0419. The van der Waals surface area contributed by atoms with Gasteiger partial charge in [0.15, 0.2) is 0 Å². The second-order valence-corrected chi connectivity index (χ2v) is 5.02. The summed E-state index contributed by atoms with van der Waals surface area (Å²) in [5.41, 5.74) is -0.241. The van der Waals surface area contributed by atoms with Gasteiger partial charge in [0, 0.05) is 0 Å². The number of nitrogens with zero attached hydrogens (tertiary/aromatic N) is 2. The van der Waals surface area contributed by atoms with E-state index in [0.717, 1.165) is 0 Å². The number of aliphatic carboxylic acids is 1. The van der Waals surface area contributed by atoms with Gasteiger partial charge in [-0.2, -0.15) is 0 Å². The van der Waals surface area contributed by atoms with Crippen LogP contribution < -0.4 is 10.1 Å². The van der Waals surface area contributed by atoms with Crippen molar-refractivity contribution in [2.45, 2.75) is 20.3 Å². The largest absolute Gasteiger partial charge is 0.494 e. The first-order chi connectivity index (χ1) is 11.4. The van der Waals surface area contributed by atoms with Gasteiger partial charge >= 0.3 is 5.97 Å². The second-order valence-electron chi connectivity index (χ2n) is 5.02. The number of hydrogen-bond acceptors (Lipinski definition) is 6. The van der Waals surface area contributed by atoms with Crippen LogP contribution in [0.4, 0.5) is 11.4 Å². The molecule has 0 heterocycles. The smallest absolute Gasteiger partial charge is 0.317 e. The van der Waals surface area contributed by atoms with E-state index in [9.17, 15) is 19.7 Å². The van der Waals surface area contributed by atoms with Gasteiger partial charge in [-0.05, 0) is 32.0 Å². The number of anilines is 1. The van der Waals surface area contributed by atoms with Gasteiger partial charge in [-0.3, -0.25) is 24.6 Å². The Morgan fingerprint density at radius 1 is 1.33 bits per heavy atom. The lowest BCUT2D eigenvalue weighted by Crippen LogP contribution is -2.37. The van der Waals surface area contributed by atoms with Crippen LogP contribution in [0.2, 0.25) is 0 Å². The van der Waals surface area contributed by atoms with Crippen molar-refractivity contribution in [3.8, 4) is 5.75 Å². The van der Waals surface area contributed by atoms with Gasteiger partial charge in [0.1, 0.15) is 11.4 Å². The van der Waals surface area contributed by atoms with Crippen LogP contribution in [0.5, 0.6) is 5.75 Å². The van der Waals surface area contributed by atoms with Crippen molar-refractivity contribution >= 4 is 23.3 Å².